The van der Waals surface area contributed by atoms with Crippen LogP contribution in [-0.2, 0) is 20.6 Å². The van der Waals surface area contributed by atoms with E-state index in [1.54, 1.807) is 0 Å². The van der Waals surface area contributed by atoms with Crippen molar-refractivity contribution in [3.05, 3.63) is 0 Å². The van der Waals surface area contributed by atoms with E-state index in [2.05, 4.69) is 0 Å². The smallest absolute Gasteiger partial charge is 0.148 e. The van der Waals surface area contributed by atoms with Crippen LogP contribution in [0, 0.1) is 0 Å². The lowest BCUT2D eigenvalue weighted by Crippen LogP contribution is -2.16. The molecule has 0 aliphatic heterocycles. The zero-order valence-electron chi connectivity index (χ0n) is 9.44. The molecular formula is C9H21NO3S2. The summed E-state index contributed by atoms with van der Waals surface area (Å²) in [6.45, 7) is 1.95. The van der Waals surface area contributed by atoms with Crippen LogP contribution >= 0.6 is 0 Å². The molecule has 0 radical (unpaired) electrons. The third kappa shape index (κ3) is 12.0. The summed E-state index contributed by atoms with van der Waals surface area (Å²) < 4.78 is 33.0. The quantitative estimate of drug-likeness (QED) is 0.633. The molecule has 0 heterocycles. The second-order valence-corrected chi connectivity index (χ2v) is 7.91. The van der Waals surface area contributed by atoms with Crippen LogP contribution in [0.15, 0.2) is 0 Å². The minimum Gasteiger partial charge on any atom is -0.328 e. The van der Waals surface area contributed by atoms with E-state index in [-0.39, 0.29) is 17.5 Å². The van der Waals surface area contributed by atoms with Crippen LogP contribution in [-0.4, -0.2) is 42.2 Å². The number of sulfone groups is 1. The van der Waals surface area contributed by atoms with Crippen LogP contribution in [0.4, 0.5) is 0 Å². The summed E-state index contributed by atoms with van der Waals surface area (Å²) in [5, 5.41) is 0. The number of rotatable bonds is 8. The predicted molar refractivity (Wildman–Crippen MR) is 65.1 cm³/mol. The zero-order chi connectivity index (χ0) is 11.9. The van der Waals surface area contributed by atoms with E-state index in [1.807, 2.05) is 6.92 Å². The fourth-order valence-electron chi connectivity index (χ4n) is 1.08. The summed E-state index contributed by atoms with van der Waals surface area (Å²) in [6.07, 6.45) is 3.92. The maximum Gasteiger partial charge on any atom is 0.148 e. The van der Waals surface area contributed by atoms with Crippen molar-refractivity contribution in [3.8, 4) is 0 Å². The van der Waals surface area contributed by atoms with Gasteiger partial charge in [-0.15, -0.1) is 0 Å². The normalized spacial score (nSPS) is 16.2. The van der Waals surface area contributed by atoms with E-state index >= 15 is 0 Å². The van der Waals surface area contributed by atoms with Crippen LogP contribution in [0.3, 0.4) is 0 Å². The molecule has 0 fully saturated rings. The molecule has 2 N–H and O–H groups in total. The van der Waals surface area contributed by atoms with Crippen LogP contribution < -0.4 is 5.73 Å². The highest BCUT2D eigenvalue weighted by Gasteiger charge is 2.06. The van der Waals surface area contributed by atoms with Gasteiger partial charge >= 0.3 is 0 Å². The molecule has 0 saturated heterocycles. The molecular weight excluding hydrogens is 234 g/mol. The highest BCUT2D eigenvalue weighted by Crippen LogP contribution is 2.00. The molecule has 0 aromatic rings. The molecule has 0 amide bonds. The maximum atomic E-state index is 11.3. The third-order valence-electron chi connectivity index (χ3n) is 1.96. The second kappa shape index (κ2) is 7.35. The number of nitrogens with two attached hydrogens (primary N) is 1. The Bertz CT molecular complexity index is 286. The molecule has 15 heavy (non-hydrogen) atoms. The van der Waals surface area contributed by atoms with Gasteiger partial charge in [0.15, 0.2) is 0 Å². The van der Waals surface area contributed by atoms with Crippen molar-refractivity contribution in [2.75, 3.05) is 23.5 Å². The van der Waals surface area contributed by atoms with Crippen LogP contribution in [0.1, 0.15) is 26.2 Å². The molecule has 2 atom stereocenters. The molecule has 6 heteroatoms. The average molecular weight is 255 g/mol. The fourth-order valence-corrected chi connectivity index (χ4v) is 3.76. The summed E-state index contributed by atoms with van der Waals surface area (Å²) in [4.78, 5) is 0. The topological polar surface area (TPSA) is 77.2 Å². The van der Waals surface area contributed by atoms with Crippen molar-refractivity contribution in [2.24, 2.45) is 5.73 Å². The minimum atomic E-state index is -2.98. The van der Waals surface area contributed by atoms with E-state index in [1.165, 1.54) is 6.26 Å². The van der Waals surface area contributed by atoms with Crippen molar-refractivity contribution >= 4 is 20.6 Å². The molecule has 0 aromatic heterocycles. The Morgan fingerprint density at radius 2 is 1.87 bits per heavy atom. The van der Waals surface area contributed by atoms with E-state index in [4.69, 9.17) is 5.73 Å². The zero-order valence-corrected chi connectivity index (χ0v) is 11.1. The van der Waals surface area contributed by atoms with E-state index in [0.717, 1.165) is 19.3 Å². The van der Waals surface area contributed by atoms with E-state index in [0.29, 0.717) is 5.75 Å². The average Bonchev–Trinajstić information content (AvgIpc) is 2.07. The Kier molecular flexibility index (Phi) is 7.38. The fraction of sp³-hybridized carbons (Fsp3) is 1.00. The molecule has 0 spiro atoms. The number of hydrogen-bond donors (Lipinski definition) is 1. The van der Waals surface area contributed by atoms with Crippen molar-refractivity contribution in [3.63, 3.8) is 0 Å². The first-order chi connectivity index (χ1) is 6.81. The number of unbranched alkanes of at least 4 members (excludes halogenated alkanes) is 1. The van der Waals surface area contributed by atoms with Gasteiger partial charge in [0, 0.05) is 34.6 Å². The molecule has 0 aliphatic rings. The van der Waals surface area contributed by atoms with Crippen LogP contribution in [0.5, 0.6) is 0 Å². The summed E-state index contributed by atoms with van der Waals surface area (Å²) in [7, 11) is -3.98. The molecule has 0 saturated carbocycles. The lowest BCUT2D eigenvalue weighted by molar-refractivity contribution is 0.602. The molecule has 0 aromatic carbocycles. The van der Waals surface area contributed by atoms with Crippen LogP contribution in [0.2, 0.25) is 0 Å². The Hall–Kier alpha value is 0.0600. The highest BCUT2D eigenvalue weighted by molar-refractivity contribution is 7.92. The summed E-state index contributed by atoms with van der Waals surface area (Å²) in [5.41, 5.74) is 5.57. The van der Waals surface area contributed by atoms with Gasteiger partial charge in [-0.25, -0.2) is 8.42 Å². The van der Waals surface area contributed by atoms with E-state index < -0.39 is 20.6 Å². The van der Waals surface area contributed by atoms with Crippen molar-refractivity contribution < 1.29 is 12.6 Å². The lowest BCUT2D eigenvalue weighted by atomic mass is 10.2. The van der Waals surface area contributed by atoms with Gasteiger partial charge in [0.25, 0.3) is 0 Å². The SMILES string of the molecule is CC(N)CCCCS(=O)CCS(C)(=O)=O. The lowest BCUT2D eigenvalue weighted by Gasteiger charge is -2.04. The van der Waals surface area contributed by atoms with E-state index in [9.17, 15) is 12.6 Å². The van der Waals surface area contributed by atoms with Gasteiger partial charge in [0.1, 0.15) is 9.84 Å². The Balaban J connectivity index is 3.50. The van der Waals surface area contributed by atoms with Gasteiger partial charge in [0.05, 0.1) is 5.75 Å². The van der Waals surface area contributed by atoms with Gasteiger partial charge in [0.2, 0.25) is 0 Å². The minimum absolute atomic E-state index is 0.0207. The first-order valence-electron chi connectivity index (χ1n) is 5.09. The van der Waals surface area contributed by atoms with Gasteiger partial charge in [-0.1, -0.05) is 6.42 Å². The van der Waals surface area contributed by atoms with Gasteiger partial charge < -0.3 is 5.73 Å². The number of hydrogen-bond acceptors (Lipinski definition) is 4. The van der Waals surface area contributed by atoms with Gasteiger partial charge in [-0.05, 0) is 19.8 Å². The molecule has 0 rings (SSSR count). The Labute approximate surface area is 95.0 Å². The molecule has 0 bridgehead atoms. The third-order valence-corrected chi connectivity index (χ3v) is 4.57. The molecule has 0 aliphatic carbocycles. The largest absolute Gasteiger partial charge is 0.328 e. The standard InChI is InChI=1S/C9H21NO3S2/c1-9(10)5-3-4-6-14(11)7-8-15(2,12)13/h9H,3-8,10H2,1-2H3. The maximum absolute atomic E-state index is 11.3. The van der Waals surface area contributed by atoms with Crippen molar-refractivity contribution in [1.82, 2.24) is 0 Å². The first kappa shape index (κ1) is 15.1. The van der Waals surface area contributed by atoms with Crippen molar-refractivity contribution in [1.29, 1.82) is 0 Å². The first-order valence-corrected chi connectivity index (χ1v) is 8.64. The molecule has 4 nitrogen and oxygen atoms in total. The molecule has 2 unspecified atom stereocenters. The monoisotopic (exact) mass is 255 g/mol. The Morgan fingerprint density at radius 1 is 1.27 bits per heavy atom. The summed E-state index contributed by atoms with van der Waals surface area (Å²) in [6, 6.07) is 0.189. The second-order valence-electron chi connectivity index (χ2n) is 3.95. The highest BCUT2D eigenvalue weighted by atomic mass is 32.2. The summed E-state index contributed by atoms with van der Waals surface area (Å²) in [5.74, 6) is 0.867. The van der Waals surface area contributed by atoms with Crippen LogP contribution in [0.25, 0.3) is 0 Å². The van der Waals surface area contributed by atoms with Gasteiger partial charge in [-0.3, -0.25) is 4.21 Å². The predicted octanol–water partition coefficient (Wildman–Crippen LogP) is 0.297. The Morgan fingerprint density at radius 3 is 2.33 bits per heavy atom. The van der Waals surface area contributed by atoms with Crippen molar-refractivity contribution in [2.45, 2.75) is 32.2 Å². The molecule has 92 valence electrons. The van der Waals surface area contributed by atoms with Gasteiger partial charge in [-0.2, -0.15) is 0 Å². The summed E-state index contributed by atoms with van der Waals surface area (Å²) >= 11 is 0.